The lowest BCUT2D eigenvalue weighted by Crippen LogP contribution is -2.27. The number of imide groups is 1. The molecule has 1 saturated heterocycles. The number of hydrogen-bond acceptors (Lipinski definition) is 3. The standard InChI is InChI=1S/C27H20BrClN2O2S/c1-2-18-4-3-5-23-19(16-30(25(18)23)15-17-6-8-20(28)9-7-17)14-24-26(32)31(27(33)34-24)22-12-10-21(29)11-13-22/h3-14,16H,2,15H2,1H3/b24-14-. The van der Waals surface area contributed by atoms with Gasteiger partial charge in [-0.2, -0.15) is 0 Å². The highest BCUT2D eigenvalue weighted by atomic mass is 79.9. The fraction of sp³-hybridized carbons (Fsp3) is 0.111. The normalized spacial score (nSPS) is 15.1. The molecule has 0 spiro atoms. The number of nitrogens with zero attached hydrogens (tertiary/aromatic N) is 2. The number of benzene rings is 3. The minimum Gasteiger partial charge on any atom is -0.342 e. The lowest BCUT2D eigenvalue weighted by atomic mass is 10.1. The fourth-order valence-electron chi connectivity index (χ4n) is 4.20. The number of hydrogen-bond donors (Lipinski definition) is 0. The first kappa shape index (κ1) is 23.0. The highest BCUT2D eigenvalue weighted by Crippen LogP contribution is 2.37. The van der Waals surface area contributed by atoms with E-state index >= 15 is 0 Å². The maximum Gasteiger partial charge on any atom is 0.298 e. The molecule has 5 rings (SSSR count). The molecule has 7 heteroatoms. The molecule has 1 aliphatic rings. The summed E-state index contributed by atoms with van der Waals surface area (Å²) in [6.45, 7) is 2.85. The molecular weight excluding hydrogens is 532 g/mol. The highest BCUT2D eigenvalue weighted by molar-refractivity contribution is 9.10. The summed E-state index contributed by atoms with van der Waals surface area (Å²) in [6, 6.07) is 21.2. The van der Waals surface area contributed by atoms with Gasteiger partial charge in [0.1, 0.15) is 0 Å². The number of halogens is 2. The maximum absolute atomic E-state index is 13.2. The molecule has 0 unspecified atom stereocenters. The summed E-state index contributed by atoms with van der Waals surface area (Å²) in [5, 5.41) is 1.30. The second-order valence-corrected chi connectivity index (χ2v) is 10.3. The molecule has 0 radical (unpaired) electrons. The molecule has 2 heterocycles. The van der Waals surface area contributed by atoms with Crippen molar-refractivity contribution in [3.63, 3.8) is 0 Å². The van der Waals surface area contributed by atoms with Crippen molar-refractivity contribution in [3.8, 4) is 0 Å². The van der Waals surface area contributed by atoms with Gasteiger partial charge in [0, 0.05) is 33.2 Å². The monoisotopic (exact) mass is 550 g/mol. The molecule has 0 bridgehead atoms. The third kappa shape index (κ3) is 4.33. The molecule has 4 aromatic rings. The average molecular weight is 552 g/mol. The van der Waals surface area contributed by atoms with Crippen molar-refractivity contribution in [1.29, 1.82) is 0 Å². The van der Waals surface area contributed by atoms with Crippen LogP contribution in [0.1, 0.15) is 23.6 Å². The zero-order valence-corrected chi connectivity index (χ0v) is 21.5. The van der Waals surface area contributed by atoms with Gasteiger partial charge in [-0.15, -0.1) is 0 Å². The first-order valence-corrected chi connectivity index (χ1v) is 12.8. The Labute approximate surface area is 215 Å². The predicted octanol–water partition coefficient (Wildman–Crippen LogP) is 7.91. The molecule has 3 aromatic carbocycles. The van der Waals surface area contributed by atoms with Gasteiger partial charge in [-0.3, -0.25) is 9.59 Å². The van der Waals surface area contributed by atoms with Crippen LogP contribution in [0.4, 0.5) is 10.5 Å². The second kappa shape index (κ2) is 9.45. The Morgan fingerprint density at radius 2 is 1.74 bits per heavy atom. The number of carbonyl (C=O) groups is 2. The summed E-state index contributed by atoms with van der Waals surface area (Å²) in [6.07, 6.45) is 4.80. The van der Waals surface area contributed by atoms with Crippen LogP contribution in [0.25, 0.3) is 17.0 Å². The quantitative estimate of drug-likeness (QED) is 0.237. The van der Waals surface area contributed by atoms with Crippen LogP contribution in [0, 0.1) is 0 Å². The SMILES string of the molecule is CCc1cccc2c(/C=C3\SC(=O)N(c4ccc(Cl)cc4)C3=O)cn(Cc3ccc(Br)cc3)c12. The predicted molar refractivity (Wildman–Crippen MR) is 144 cm³/mol. The van der Waals surface area contributed by atoms with Gasteiger partial charge in [0.05, 0.1) is 16.1 Å². The topological polar surface area (TPSA) is 42.3 Å². The largest absolute Gasteiger partial charge is 0.342 e. The van der Waals surface area contributed by atoms with Gasteiger partial charge in [0.25, 0.3) is 11.1 Å². The molecule has 1 fully saturated rings. The summed E-state index contributed by atoms with van der Waals surface area (Å²) < 4.78 is 3.27. The van der Waals surface area contributed by atoms with E-state index in [4.69, 9.17) is 11.6 Å². The molecule has 4 nitrogen and oxygen atoms in total. The highest BCUT2D eigenvalue weighted by Gasteiger charge is 2.36. The Morgan fingerprint density at radius 3 is 2.44 bits per heavy atom. The van der Waals surface area contributed by atoms with Crippen LogP contribution in [0.5, 0.6) is 0 Å². The van der Waals surface area contributed by atoms with Crippen molar-refractivity contribution in [2.45, 2.75) is 19.9 Å². The molecule has 0 aliphatic carbocycles. The van der Waals surface area contributed by atoms with Crippen LogP contribution < -0.4 is 4.90 Å². The Hall–Kier alpha value is -2.80. The smallest absolute Gasteiger partial charge is 0.298 e. The van der Waals surface area contributed by atoms with E-state index in [1.54, 1.807) is 24.3 Å². The van der Waals surface area contributed by atoms with E-state index in [-0.39, 0.29) is 11.1 Å². The van der Waals surface area contributed by atoms with Gasteiger partial charge in [-0.05, 0) is 71.8 Å². The Balaban J connectivity index is 1.56. The molecule has 0 saturated carbocycles. The van der Waals surface area contributed by atoms with Gasteiger partial charge in [0.15, 0.2) is 0 Å². The molecule has 0 atom stereocenters. The summed E-state index contributed by atoms with van der Waals surface area (Å²) in [7, 11) is 0. The van der Waals surface area contributed by atoms with Crippen molar-refractivity contribution in [2.75, 3.05) is 4.90 Å². The van der Waals surface area contributed by atoms with Crippen LogP contribution in [-0.2, 0) is 17.8 Å². The summed E-state index contributed by atoms with van der Waals surface area (Å²) in [4.78, 5) is 27.5. The fourth-order valence-corrected chi connectivity index (χ4v) is 5.42. The number of fused-ring (bicyclic) bond motifs is 1. The lowest BCUT2D eigenvalue weighted by Gasteiger charge is -2.12. The Bertz CT molecular complexity index is 1440. The summed E-state index contributed by atoms with van der Waals surface area (Å²) >= 11 is 10.4. The number of rotatable bonds is 5. The van der Waals surface area contributed by atoms with Gasteiger partial charge in [0.2, 0.25) is 0 Å². The van der Waals surface area contributed by atoms with E-state index < -0.39 is 0 Å². The maximum atomic E-state index is 13.2. The number of anilines is 1. The first-order valence-electron chi connectivity index (χ1n) is 10.8. The number of aromatic nitrogens is 1. The first-order chi connectivity index (χ1) is 16.4. The molecular formula is C27H20BrClN2O2S. The third-order valence-electron chi connectivity index (χ3n) is 5.82. The van der Waals surface area contributed by atoms with Crippen LogP contribution in [0.3, 0.4) is 0 Å². The van der Waals surface area contributed by atoms with Crippen LogP contribution in [-0.4, -0.2) is 15.7 Å². The number of aryl methyl sites for hydroxylation is 1. The van der Waals surface area contributed by atoms with Gasteiger partial charge in [-0.1, -0.05) is 64.8 Å². The van der Waals surface area contributed by atoms with Crippen LogP contribution in [0.2, 0.25) is 5.02 Å². The molecule has 2 amide bonds. The van der Waals surface area contributed by atoms with E-state index in [0.717, 1.165) is 39.1 Å². The summed E-state index contributed by atoms with van der Waals surface area (Å²) in [5.41, 5.74) is 5.01. The Kier molecular flexibility index (Phi) is 6.38. The van der Waals surface area contributed by atoms with E-state index in [1.165, 1.54) is 16.0 Å². The number of carbonyl (C=O) groups excluding carboxylic acids is 2. The lowest BCUT2D eigenvalue weighted by molar-refractivity contribution is -0.113. The van der Waals surface area contributed by atoms with E-state index in [1.807, 2.05) is 24.3 Å². The van der Waals surface area contributed by atoms with E-state index in [2.05, 4.69) is 57.9 Å². The molecule has 1 aliphatic heterocycles. The Morgan fingerprint density at radius 1 is 1.00 bits per heavy atom. The zero-order valence-electron chi connectivity index (χ0n) is 18.3. The number of thioether (sulfide) groups is 1. The van der Waals surface area contributed by atoms with E-state index in [0.29, 0.717) is 22.2 Å². The zero-order chi connectivity index (χ0) is 23.8. The van der Waals surface area contributed by atoms with Crippen molar-refractivity contribution in [3.05, 3.63) is 104 Å². The third-order valence-corrected chi connectivity index (χ3v) is 7.48. The van der Waals surface area contributed by atoms with Crippen LogP contribution >= 0.6 is 39.3 Å². The minimum atomic E-state index is -0.322. The number of amides is 2. The van der Waals surface area contributed by atoms with Gasteiger partial charge < -0.3 is 4.57 Å². The molecule has 34 heavy (non-hydrogen) atoms. The van der Waals surface area contributed by atoms with Crippen molar-refractivity contribution < 1.29 is 9.59 Å². The van der Waals surface area contributed by atoms with Crippen molar-refractivity contribution >= 4 is 73.1 Å². The average Bonchev–Trinajstić information content (AvgIpc) is 3.32. The molecule has 0 N–H and O–H groups in total. The van der Waals surface area contributed by atoms with Crippen LogP contribution in [0.15, 0.2) is 82.3 Å². The molecule has 170 valence electrons. The summed E-state index contributed by atoms with van der Waals surface area (Å²) in [5.74, 6) is -0.322. The van der Waals surface area contributed by atoms with Crippen molar-refractivity contribution in [2.24, 2.45) is 0 Å². The van der Waals surface area contributed by atoms with Crippen molar-refractivity contribution in [1.82, 2.24) is 4.57 Å². The van der Waals surface area contributed by atoms with Gasteiger partial charge in [-0.25, -0.2) is 4.90 Å². The minimum absolute atomic E-state index is 0.313. The molecule has 1 aromatic heterocycles. The number of para-hydroxylation sites is 1. The van der Waals surface area contributed by atoms with E-state index in [9.17, 15) is 9.59 Å². The second-order valence-electron chi connectivity index (χ2n) is 8.00. The van der Waals surface area contributed by atoms with Gasteiger partial charge >= 0.3 is 0 Å².